The van der Waals surface area contributed by atoms with Gasteiger partial charge in [0.1, 0.15) is 0 Å². The number of hydrogen-bond donors (Lipinski definition) is 1. The van der Waals surface area contributed by atoms with Gasteiger partial charge in [-0.05, 0) is 36.8 Å². The summed E-state index contributed by atoms with van der Waals surface area (Å²) < 4.78 is 0. The SMILES string of the molecule is O=C1NC2(CCN(C(=O)CCc3ccccc3)CC2)C[C@@H]1c1ccccc1. The molecule has 2 aromatic rings. The van der Waals surface area contributed by atoms with Crippen molar-refractivity contribution in [3.63, 3.8) is 0 Å². The van der Waals surface area contributed by atoms with E-state index in [0.717, 1.165) is 44.3 Å². The van der Waals surface area contributed by atoms with Gasteiger partial charge in [0.2, 0.25) is 11.8 Å². The summed E-state index contributed by atoms with van der Waals surface area (Å²) in [6.07, 6.45) is 3.87. The molecule has 0 radical (unpaired) electrons. The number of rotatable bonds is 4. The third kappa shape index (κ3) is 3.90. The second-order valence-electron chi connectivity index (χ2n) is 7.80. The molecule has 0 saturated carbocycles. The zero-order chi connectivity index (χ0) is 18.7. The number of nitrogens with zero attached hydrogens (tertiary/aromatic N) is 1. The molecule has 27 heavy (non-hydrogen) atoms. The second kappa shape index (κ2) is 7.55. The number of piperidine rings is 1. The Labute approximate surface area is 160 Å². The smallest absolute Gasteiger partial charge is 0.228 e. The molecule has 4 nitrogen and oxygen atoms in total. The zero-order valence-corrected chi connectivity index (χ0v) is 15.6. The van der Waals surface area contributed by atoms with Gasteiger partial charge >= 0.3 is 0 Å². The van der Waals surface area contributed by atoms with Crippen molar-refractivity contribution >= 4 is 11.8 Å². The lowest BCUT2D eigenvalue weighted by Crippen LogP contribution is -2.52. The summed E-state index contributed by atoms with van der Waals surface area (Å²) >= 11 is 0. The van der Waals surface area contributed by atoms with Gasteiger partial charge in [-0.2, -0.15) is 0 Å². The number of carbonyl (C=O) groups is 2. The fraction of sp³-hybridized carbons (Fsp3) is 0.391. The van der Waals surface area contributed by atoms with Crippen LogP contribution in [0.5, 0.6) is 0 Å². The molecule has 0 bridgehead atoms. The molecule has 0 aromatic heterocycles. The van der Waals surface area contributed by atoms with E-state index >= 15 is 0 Å². The molecule has 1 N–H and O–H groups in total. The van der Waals surface area contributed by atoms with E-state index in [9.17, 15) is 9.59 Å². The van der Waals surface area contributed by atoms with Gasteiger partial charge in [-0.3, -0.25) is 9.59 Å². The average molecular weight is 362 g/mol. The van der Waals surface area contributed by atoms with Crippen LogP contribution in [0.15, 0.2) is 60.7 Å². The maximum atomic E-state index is 12.6. The molecular weight excluding hydrogens is 336 g/mol. The van der Waals surface area contributed by atoms with Crippen LogP contribution < -0.4 is 5.32 Å². The summed E-state index contributed by atoms with van der Waals surface area (Å²) in [6.45, 7) is 1.46. The highest BCUT2D eigenvalue weighted by Crippen LogP contribution is 2.39. The Hall–Kier alpha value is -2.62. The molecule has 2 aliphatic heterocycles. The first kappa shape index (κ1) is 17.8. The minimum Gasteiger partial charge on any atom is -0.350 e. The first-order chi connectivity index (χ1) is 13.2. The highest BCUT2D eigenvalue weighted by atomic mass is 16.2. The minimum absolute atomic E-state index is 0.0634. The molecule has 2 heterocycles. The van der Waals surface area contributed by atoms with Crippen LogP contribution in [0.2, 0.25) is 0 Å². The number of amides is 2. The molecule has 4 heteroatoms. The van der Waals surface area contributed by atoms with E-state index in [1.54, 1.807) is 0 Å². The van der Waals surface area contributed by atoms with Crippen molar-refractivity contribution in [1.29, 1.82) is 0 Å². The molecule has 140 valence electrons. The van der Waals surface area contributed by atoms with Gasteiger partial charge in [-0.25, -0.2) is 0 Å². The van der Waals surface area contributed by atoms with Crippen LogP contribution in [0.25, 0.3) is 0 Å². The molecule has 2 aromatic carbocycles. The van der Waals surface area contributed by atoms with Crippen LogP contribution in [0.3, 0.4) is 0 Å². The van der Waals surface area contributed by atoms with Gasteiger partial charge in [0.05, 0.1) is 5.92 Å². The lowest BCUT2D eigenvalue weighted by Gasteiger charge is -2.39. The van der Waals surface area contributed by atoms with E-state index < -0.39 is 0 Å². The molecule has 0 aliphatic carbocycles. The molecular formula is C23H26N2O2. The maximum absolute atomic E-state index is 12.6. The van der Waals surface area contributed by atoms with Gasteiger partial charge in [0, 0.05) is 25.0 Å². The lowest BCUT2D eigenvalue weighted by atomic mass is 9.82. The van der Waals surface area contributed by atoms with Crippen LogP contribution in [-0.2, 0) is 16.0 Å². The fourth-order valence-electron chi connectivity index (χ4n) is 4.40. The van der Waals surface area contributed by atoms with Crippen LogP contribution in [0.4, 0.5) is 0 Å². The van der Waals surface area contributed by atoms with E-state index in [2.05, 4.69) is 17.4 Å². The summed E-state index contributed by atoms with van der Waals surface area (Å²) in [7, 11) is 0. The van der Waals surface area contributed by atoms with Crippen molar-refractivity contribution in [2.24, 2.45) is 0 Å². The predicted octanol–water partition coefficient (Wildman–Crippen LogP) is 3.28. The lowest BCUT2D eigenvalue weighted by molar-refractivity contribution is -0.132. The number of likely N-dealkylation sites (tertiary alicyclic amines) is 1. The van der Waals surface area contributed by atoms with Gasteiger partial charge in [-0.1, -0.05) is 60.7 Å². The van der Waals surface area contributed by atoms with E-state index in [-0.39, 0.29) is 23.3 Å². The normalized spacial score (nSPS) is 21.3. The summed E-state index contributed by atoms with van der Waals surface area (Å²) in [5.74, 6) is 0.286. The number of carbonyl (C=O) groups excluding carboxylic acids is 2. The Balaban J connectivity index is 1.32. The molecule has 2 fully saturated rings. The first-order valence-corrected chi connectivity index (χ1v) is 9.84. The number of benzene rings is 2. The number of aryl methyl sites for hydroxylation is 1. The molecule has 2 amide bonds. The standard InChI is InChI=1S/C23H26N2O2/c26-21(12-11-18-7-3-1-4-8-18)25-15-13-23(14-16-25)17-20(22(27)24-23)19-9-5-2-6-10-19/h1-10,20H,11-17H2,(H,24,27)/t20-/m1/s1. The Kier molecular flexibility index (Phi) is 4.97. The number of nitrogens with one attached hydrogen (secondary N) is 1. The Bertz CT molecular complexity index is 796. The van der Waals surface area contributed by atoms with Gasteiger partial charge < -0.3 is 10.2 Å². The Morgan fingerprint density at radius 1 is 1.00 bits per heavy atom. The van der Waals surface area contributed by atoms with Crippen molar-refractivity contribution in [2.45, 2.75) is 43.6 Å². The average Bonchev–Trinajstić information content (AvgIpc) is 3.04. The highest BCUT2D eigenvalue weighted by molar-refractivity contribution is 5.87. The Morgan fingerprint density at radius 2 is 1.63 bits per heavy atom. The van der Waals surface area contributed by atoms with Gasteiger partial charge in [0.15, 0.2) is 0 Å². The zero-order valence-electron chi connectivity index (χ0n) is 15.6. The highest BCUT2D eigenvalue weighted by Gasteiger charge is 2.46. The summed E-state index contributed by atoms with van der Waals surface area (Å²) in [4.78, 5) is 27.1. The molecule has 2 aliphatic rings. The number of hydrogen-bond acceptors (Lipinski definition) is 2. The second-order valence-corrected chi connectivity index (χ2v) is 7.80. The topological polar surface area (TPSA) is 49.4 Å². The Morgan fingerprint density at radius 3 is 2.30 bits per heavy atom. The molecule has 4 rings (SSSR count). The predicted molar refractivity (Wildman–Crippen MR) is 105 cm³/mol. The van der Waals surface area contributed by atoms with Crippen molar-refractivity contribution in [1.82, 2.24) is 10.2 Å². The van der Waals surface area contributed by atoms with E-state index in [1.165, 1.54) is 5.56 Å². The van der Waals surface area contributed by atoms with Gasteiger partial charge in [0.25, 0.3) is 0 Å². The van der Waals surface area contributed by atoms with E-state index in [0.29, 0.717) is 6.42 Å². The van der Waals surface area contributed by atoms with Crippen LogP contribution in [0.1, 0.15) is 42.7 Å². The third-order valence-corrected chi connectivity index (χ3v) is 6.05. The summed E-state index contributed by atoms with van der Waals surface area (Å²) in [5, 5.41) is 3.26. The summed E-state index contributed by atoms with van der Waals surface area (Å²) in [5.41, 5.74) is 2.15. The third-order valence-electron chi connectivity index (χ3n) is 6.05. The van der Waals surface area contributed by atoms with Crippen LogP contribution in [0, 0.1) is 0 Å². The van der Waals surface area contributed by atoms with Crippen LogP contribution in [-0.4, -0.2) is 35.3 Å². The van der Waals surface area contributed by atoms with Crippen molar-refractivity contribution in [2.75, 3.05) is 13.1 Å². The van der Waals surface area contributed by atoms with Gasteiger partial charge in [-0.15, -0.1) is 0 Å². The largest absolute Gasteiger partial charge is 0.350 e. The first-order valence-electron chi connectivity index (χ1n) is 9.84. The molecule has 0 unspecified atom stereocenters. The monoisotopic (exact) mass is 362 g/mol. The maximum Gasteiger partial charge on any atom is 0.228 e. The summed E-state index contributed by atoms with van der Waals surface area (Å²) in [6, 6.07) is 20.2. The van der Waals surface area contributed by atoms with Crippen LogP contribution >= 0.6 is 0 Å². The fourth-order valence-corrected chi connectivity index (χ4v) is 4.40. The quantitative estimate of drug-likeness (QED) is 0.907. The molecule has 2 saturated heterocycles. The molecule has 1 spiro atoms. The minimum atomic E-state index is -0.145. The van der Waals surface area contributed by atoms with Crippen molar-refractivity contribution in [3.05, 3.63) is 71.8 Å². The van der Waals surface area contributed by atoms with E-state index in [1.807, 2.05) is 53.4 Å². The molecule has 1 atom stereocenters. The van der Waals surface area contributed by atoms with E-state index in [4.69, 9.17) is 0 Å². The van der Waals surface area contributed by atoms with Crippen molar-refractivity contribution in [3.8, 4) is 0 Å². The van der Waals surface area contributed by atoms with Crippen molar-refractivity contribution < 1.29 is 9.59 Å².